The van der Waals surface area contributed by atoms with Gasteiger partial charge in [-0.3, -0.25) is 0 Å². The predicted molar refractivity (Wildman–Crippen MR) is 99.0 cm³/mol. The molecule has 1 N–H and O–H groups in total. The Morgan fingerprint density at radius 2 is 1.43 bits per heavy atom. The Morgan fingerprint density at radius 1 is 0.913 bits per heavy atom. The van der Waals surface area contributed by atoms with Crippen molar-refractivity contribution in [1.82, 2.24) is 5.32 Å². The van der Waals surface area contributed by atoms with Crippen LogP contribution in [0.2, 0.25) is 5.02 Å². The third kappa shape index (κ3) is 4.73. The van der Waals surface area contributed by atoms with Gasteiger partial charge in [0.1, 0.15) is 0 Å². The monoisotopic (exact) mass is 328 g/mol. The molecule has 0 saturated carbocycles. The Bertz CT molecular complexity index is 599. The molecule has 3 heteroatoms. The molecule has 0 amide bonds. The first-order valence-corrected chi connectivity index (χ1v) is 8.87. The molecule has 0 atom stereocenters. The topological polar surface area (TPSA) is 15.3 Å². The van der Waals surface area contributed by atoms with Gasteiger partial charge >= 0.3 is 0 Å². The SMILES string of the molecule is CC1CCN(c2ccc(CNCc3ccc(Cl)cc3)cc2)CC1. The molecule has 0 aromatic heterocycles. The van der Waals surface area contributed by atoms with Crippen molar-refractivity contribution < 1.29 is 0 Å². The molecule has 0 unspecified atom stereocenters. The number of anilines is 1. The first kappa shape index (κ1) is 16.4. The predicted octanol–water partition coefficient (Wildman–Crippen LogP) is 4.87. The average molecular weight is 329 g/mol. The number of nitrogens with zero attached hydrogens (tertiary/aromatic N) is 1. The van der Waals surface area contributed by atoms with Crippen molar-refractivity contribution in [3.05, 3.63) is 64.7 Å². The average Bonchev–Trinajstić information content (AvgIpc) is 2.58. The zero-order chi connectivity index (χ0) is 16.1. The summed E-state index contributed by atoms with van der Waals surface area (Å²) < 4.78 is 0. The van der Waals surface area contributed by atoms with Crippen LogP contribution in [0.5, 0.6) is 0 Å². The van der Waals surface area contributed by atoms with Crippen LogP contribution in [0.4, 0.5) is 5.69 Å². The molecular weight excluding hydrogens is 304 g/mol. The second-order valence-corrected chi connectivity index (χ2v) is 7.00. The van der Waals surface area contributed by atoms with E-state index < -0.39 is 0 Å². The fourth-order valence-electron chi connectivity index (χ4n) is 3.04. The molecule has 1 saturated heterocycles. The van der Waals surface area contributed by atoms with Gasteiger partial charge in [-0.05, 0) is 54.2 Å². The van der Waals surface area contributed by atoms with Gasteiger partial charge in [-0.1, -0.05) is 42.8 Å². The zero-order valence-electron chi connectivity index (χ0n) is 13.8. The van der Waals surface area contributed by atoms with Crippen molar-refractivity contribution >= 4 is 17.3 Å². The maximum absolute atomic E-state index is 5.90. The zero-order valence-corrected chi connectivity index (χ0v) is 14.5. The Morgan fingerprint density at radius 3 is 2.00 bits per heavy atom. The van der Waals surface area contributed by atoms with E-state index >= 15 is 0 Å². The normalized spacial score (nSPS) is 15.8. The number of piperidine rings is 1. The van der Waals surface area contributed by atoms with E-state index in [2.05, 4.69) is 53.5 Å². The smallest absolute Gasteiger partial charge is 0.0406 e. The molecule has 122 valence electrons. The van der Waals surface area contributed by atoms with E-state index in [0.717, 1.165) is 24.0 Å². The summed E-state index contributed by atoms with van der Waals surface area (Å²) in [4.78, 5) is 2.50. The number of nitrogens with one attached hydrogen (secondary N) is 1. The van der Waals surface area contributed by atoms with Crippen LogP contribution in [-0.2, 0) is 13.1 Å². The lowest BCUT2D eigenvalue weighted by molar-refractivity contribution is 0.438. The van der Waals surface area contributed by atoms with Crippen molar-refractivity contribution in [3.8, 4) is 0 Å². The molecule has 1 aliphatic heterocycles. The second kappa shape index (κ2) is 7.85. The summed E-state index contributed by atoms with van der Waals surface area (Å²) in [5.41, 5.74) is 3.94. The van der Waals surface area contributed by atoms with Crippen LogP contribution < -0.4 is 10.2 Å². The molecule has 2 aromatic carbocycles. The lowest BCUT2D eigenvalue weighted by Gasteiger charge is -2.32. The number of rotatable bonds is 5. The van der Waals surface area contributed by atoms with E-state index in [4.69, 9.17) is 11.6 Å². The Balaban J connectivity index is 1.48. The first-order valence-electron chi connectivity index (χ1n) is 8.50. The van der Waals surface area contributed by atoms with Gasteiger partial charge in [-0.15, -0.1) is 0 Å². The molecule has 2 nitrogen and oxygen atoms in total. The highest BCUT2D eigenvalue weighted by Crippen LogP contribution is 2.23. The molecule has 0 radical (unpaired) electrons. The number of halogens is 1. The Kier molecular flexibility index (Phi) is 5.58. The van der Waals surface area contributed by atoms with E-state index in [1.54, 1.807) is 0 Å². The summed E-state index contributed by atoms with van der Waals surface area (Å²) >= 11 is 5.90. The van der Waals surface area contributed by atoms with Crippen molar-refractivity contribution in [2.24, 2.45) is 5.92 Å². The summed E-state index contributed by atoms with van der Waals surface area (Å²) in [5, 5.41) is 4.27. The highest BCUT2D eigenvalue weighted by molar-refractivity contribution is 6.30. The summed E-state index contributed by atoms with van der Waals surface area (Å²) in [6, 6.07) is 17.0. The minimum atomic E-state index is 0.788. The van der Waals surface area contributed by atoms with E-state index in [-0.39, 0.29) is 0 Å². The van der Waals surface area contributed by atoms with Crippen molar-refractivity contribution in [2.75, 3.05) is 18.0 Å². The van der Waals surface area contributed by atoms with E-state index in [1.165, 1.54) is 42.7 Å². The minimum absolute atomic E-state index is 0.788. The van der Waals surface area contributed by atoms with E-state index in [1.807, 2.05) is 12.1 Å². The lowest BCUT2D eigenvalue weighted by Crippen LogP contribution is -2.32. The highest BCUT2D eigenvalue weighted by atomic mass is 35.5. The van der Waals surface area contributed by atoms with Crippen LogP contribution in [0.25, 0.3) is 0 Å². The van der Waals surface area contributed by atoms with Gasteiger partial charge in [0, 0.05) is 36.9 Å². The minimum Gasteiger partial charge on any atom is -0.372 e. The number of hydrogen-bond donors (Lipinski definition) is 1. The van der Waals surface area contributed by atoms with Crippen molar-refractivity contribution in [3.63, 3.8) is 0 Å². The van der Waals surface area contributed by atoms with Crippen LogP contribution in [0.1, 0.15) is 30.9 Å². The summed E-state index contributed by atoms with van der Waals surface area (Å²) in [5.74, 6) is 0.877. The van der Waals surface area contributed by atoms with Gasteiger partial charge in [0.25, 0.3) is 0 Å². The third-order valence-corrected chi connectivity index (χ3v) is 4.91. The molecule has 23 heavy (non-hydrogen) atoms. The fourth-order valence-corrected chi connectivity index (χ4v) is 3.17. The van der Waals surface area contributed by atoms with Gasteiger partial charge in [0.05, 0.1) is 0 Å². The number of benzene rings is 2. The van der Waals surface area contributed by atoms with Crippen molar-refractivity contribution in [1.29, 1.82) is 0 Å². The number of hydrogen-bond acceptors (Lipinski definition) is 2. The first-order chi connectivity index (χ1) is 11.2. The second-order valence-electron chi connectivity index (χ2n) is 6.57. The van der Waals surface area contributed by atoms with Gasteiger partial charge in [0.2, 0.25) is 0 Å². The lowest BCUT2D eigenvalue weighted by atomic mass is 9.99. The quantitative estimate of drug-likeness (QED) is 0.842. The van der Waals surface area contributed by atoms with Crippen molar-refractivity contribution in [2.45, 2.75) is 32.9 Å². The van der Waals surface area contributed by atoms with Gasteiger partial charge in [0.15, 0.2) is 0 Å². The molecule has 1 fully saturated rings. The van der Waals surface area contributed by atoms with E-state index in [9.17, 15) is 0 Å². The Labute approximate surface area is 144 Å². The molecule has 2 aromatic rings. The molecule has 1 heterocycles. The summed E-state index contributed by atoms with van der Waals surface area (Å²) in [6.45, 7) is 6.49. The van der Waals surface area contributed by atoms with Crippen LogP contribution in [0.3, 0.4) is 0 Å². The highest BCUT2D eigenvalue weighted by Gasteiger charge is 2.15. The maximum atomic E-state index is 5.90. The molecular formula is C20H25ClN2. The molecule has 1 aliphatic rings. The Hall–Kier alpha value is -1.51. The van der Waals surface area contributed by atoms with Crippen LogP contribution in [0.15, 0.2) is 48.5 Å². The molecule has 3 rings (SSSR count). The van der Waals surface area contributed by atoms with Crippen LogP contribution >= 0.6 is 11.6 Å². The van der Waals surface area contributed by atoms with Gasteiger partial charge < -0.3 is 10.2 Å². The van der Waals surface area contributed by atoms with Gasteiger partial charge in [-0.2, -0.15) is 0 Å². The standard InChI is InChI=1S/C20H25ClN2/c1-16-10-12-23(13-11-16)20-8-4-18(5-9-20)15-22-14-17-2-6-19(21)7-3-17/h2-9,16,22H,10-15H2,1H3. The van der Waals surface area contributed by atoms with Crippen LogP contribution in [0, 0.1) is 5.92 Å². The fraction of sp³-hybridized carbons (Fsp3) is 0.400. The largest absolute Gasteiger partial charge is 0.372 e. The molecule has 0 bridgehead atoms. The maximum Gasteiger partial charge on any atom is 0.0406 e. The molecule has 0 aliphatic carbocycles. The van der Waals surface area contributed by atoms with Gasteiger partial charge in [-0.25, -0.2) is 0 Å². The molecule has 0 spiro atoms. The van der Waals surface area contributed by atoms with E-state index in [0.29, 0.717) is 0 Å². The van der Waals surface area contributed by atoms with Crippen LogP contribution in [-0.4, -0.2) is 13.1 Å². The third-order valence-electron chi connectivity index (χ3n) is 4.66. The summed E-state index contributed by atoms with van der Waals surface area (Å²) in [6.07, 6.45) is 2.62. The summed E-state index contributed by atoms with van der Waals surface area (Å²) in [7, 11) is 0.